The lowest BCUT2D eigenvalue weighted by molar-refractivity contribution is 1.52. The smallest absolute Gasteiger partial charge is 0.0355 e. The fourth-order valence-corrected chi connectivity index (χ4v) is 12.8. The van der Waals surface area contributed by atoms with Crippen LogP contribution in [0.4, 0.5) is 0 Å². The van der Waals surface area contributed by atoms with Crippen LogP contribution < -0.4 is 0 Å². The van der Waals surface area contributed by atoms with Crippen LogP contribution in [-0.2, 0) is 0 Å². The van der Waals surface area contributed by atoms with Gasteiger partial charge < -0.3 is 0 Å². The quantitative estimate of drug-likeness (QED) is 0.152. The van der Waals surface area contributed by atoms with E-state index in [0.29, 0.717) is 0 Å². The van der Waals surface area contributed by atoms with Gasteiger partial charge in [-0.2, -0.15) is 0 Å². The van der Waals surface area contributed by atoms with Crippen molar-refractivity contribution in [2.45, 2.75) is 0 Å². The van der Waals surface area contributed by atoms with Crippen molar-refractivity contribution in [1.82, 2.24) is 0 Å². The summed E-state index contributed by atoms with van der Waals surface area (Å²) in [7, 11) is 0. The molecule has 0 bridgehead atoms. The van der Waals surface area contributed by atoms with Crippen molar-refractivity contribution in [2.75, 3.05) is 0 Å². The lowest BCUT2D eigenvalue weighted by atomic mass is 9.76. The zero-order chi connectivity index (χ0) is 40.5. The van der Waals surface area contributed by atoms with Crippen molar-refractivity contribution in [3.8, 4) is 66.8 Å². The number of hydrogen-bond donors (Lipinski definition) is 0. The van der Waals surface area contributed by atoms with Gasteiger partial charge in [0.15, 0.2) is 0 Å². The summed E-state index contributed by atoms with van der Waals surface area (Å²) in [4.78, 5) is 0. The monoisotopic (exact) mass is 818 g/mol. The van der Waals surface area contributed by atoms with E-state index < -0.39 is 0 Å². The molecule has 0 radical (unpaired) electrons. The molecule has 0 nitrogen and oxygen atoms in total. The van der Waals surface area contributed by atoms with Gasteiger partial charge in [0.2, 0.25) is 0 Å². The molecular weight excluding hydrogens is 785 g/mol. The molecule has 11 aromatic carbocycles. The van der Waals surface area contributed by atoms with E-state index in [2.05, 4.69) is 206 Å². The van der Waals surface area contributed by atoms with E-state index in [0.717, 1.165) is 0 Å². The van der Waals surface area contributed by atoms with E-state index in [4.69, 9.17) is 0 Å². The van der Waals surface area contributed by atoms with Gasteiger partial charge in [0.25, 0.3) is 0 Å². The Kier molecular flexibility index (Phi) is 7.24. The van der Waals surface area contributed by atoms with E-state index in [-0.39, 0.29) is 0 Å². The average molecular weight is 819 g/mol. The molecule has 2 heterocycles. The fraction of sp³-hybridized carbons (Fsp3) is 0. The molecule has 0 saturated heterocycles. The fourth-order valence-electron chi connectivity index (χ4n) is 10.6. The van der Waals surface area contributed by atoms with Gasteiger partial charge in [-0.25, -0.2) is 0 Å². The van der Waals surface area contributed by atoms with Crippen molar-refractivity contribution >= 4 is 95.3 Å². The summed E-state index contributed by atoms with van der Waals surface area (Å²) in [5.41, 5.74) is 15.0. The van der Waals surface area contributed by atoms with Crippen LogP contribution in [0.15, 0.2) is 206 Å². The van der Waals surface area contributed by atoms with Gasteiger partial charge in [-0.1, -0.05) is 152 Å². The molecule has 2 aromatic heterocycles. The highest BCUT2D eigenvalue weighted by molar-refractivity contribution is 7.26. The Morgan fingerprint density at radius 2 is 0.597 bits per heavy atom. The Balaban J connectivity index is 1.10. The van der Waals surface area contributed by atoms with E-state index in [9.17, 15) is 0 Å². The zero-order valence-corrected chi connectivity index (χ0v) is 35.1. The lowest BCUT2D eigenvalue weighted by Gasteiger charge is -2.26. The summed E-state index contributed by atoms with van der Waals surface area (Å²) in [6.07, 6.45) is 0. The number of fused-ring (bicyclic) bond motifs is 20. The van der Waals surface area contributed by atoms with Crippen LogP contribution in [0.1, 0.15) is 0 Å². The van der Waals surface area contributed by atoms with Crippen LogP contribution in [0.5, 0.6) is 0 Å². The predicted octanol–water partition coefficient (Wildman–Crippen LogP) is 18.2. The van der Waals surface area contributed by atoms with Crippen molar-refractivity contribution in [3.05, 3.63) is 206 Å². The predicted molar refractivity (Wildman–Crippen MR) is 271 cm³/mol. The van der Waals surface area contributed by atoms with Crippen molar-refractivity contribution < 1.29 is 0 Å². The second kappa shape index (κ2) is 13.1. The minimum atomic E-state index is 1.22. The molecule has 1 aliphatic rings. The number of thiophene rings is 2. The Morgan fingerprint density at radius 3 is 1.24 bits per heavy atom. The highest BCUT2D eigenvalue weighted by atomic mass is 32.1. The van der Waals surface area contributed by atoms with E-state index in [1.807, 2.05) is 22.7 Å². The van der Waals surface area contributed by atoms with Gasteiger partial charge in [0.1, 0.15) is 0 Å². The van der Waals surface area contributed by atoms with E-state index >= 15 is 0 Å². The molecule has 0 N–H and O–H groups in total. The summed E-state index contributed by atoms with van der Waals surface area (Å²) in [5.74, 6) is 0. The molecule has 286 valence electrons. The van der Waals surface area contributed by atoms with Gasteiger partial charge >= 0.3 is 0 Å². The molecule has 0 saturated carbocycles. The first kappa shape index (κ1) is 34.4. The first-order valence-electron chi connectivity index (χ1n) is 21.3. The molecule has 14 rings (SSSR count). The molecule has 0 amide bonds. The van der Waals surface area contributed by atoms with Crippen molar-refractivity contribution in [2.24, 2.45) is 0 Å². The molecular formula is C60H34S2. The molecule has 2 heteroatoms. The highest BCUT2D eigenvalue weighted by Crippen LogP contribution is 2.54. The van der Waals surface area contributed by atoms with Crippen molar-refractivity contribution in [1.29, 1.82) is 0 Å². The molecule has 0 aliphatic heterocycles. The first-order valence-corrected chi connectivity index (χ1v) is 22.9. The largest absolute Gasteiger partial charge is 0.135 e. The first-order chi connectivity index (χ1) is 30.7. The Bertz CT molecular complexity index is 4020. The second-order valence-corrected chi connectivity index (χ2v) is 18.9. The van der Waals surface area contributed by atoms with Crippen LogP contribution in [0.3, 0.4) is 0 Å². The summed E-state index contributed by atoms with van der Waals surface area (Å²) >= 11 is 3.75. The Labute approximate surface area is 366 Å². The molecule has 0 unspecified atom stereocenters. The third-order valence-corrected chi connectivity index (χ3v) is 15.7. The normalized spacial score (nSPS) is 12.2. The summed E-state index contributed by atoms with van der Waals surface area (Å²) in [6, 6.07) is 78.0. The molecule has 0 fully saturated rings. The van der Waals surface area contributed by atoms with E-state index in [1.165, 1.54) is 139 Å². The topological polar surface area (TPSA) is 0 Å². The molecule has 1 aliphatic carbocycles. The third-order valence-electron chi connectivity index (χ3n) is 13.4. The molecule has 0 spiro atoms. The maximum absolute atomic E-state index is 2.53. The van der Waals surface area contributed by atoms with Crippen LogP contribution in [0, 0.1) is 0 Å². The molecule has 13 aromatic rings. The SMILES string of the molecule is c1ccc2c(c1)-c1cc(-c3ccc4sc5ccccc5c4c3)ccc1-c1cc3c4ccccc4c4ccccc4c3cc1-c1c(-c3ccc4sc5ccccc5c4c3)cccc1-2. The Morgan fingerprint density at radius 1 is 0.194 bits per heavy atom. The van der Waals surface area contributed by atoms with Crippen LogP contribution >= 0.6 is 22.7 Å². The second-order valence-electron chi connectivity index (χ2n) is 16.7. The number of hydrogen-bond acceptors (Lipinski definition) is 2. The summed E-state index contributed by atoms with van der Waals surface area (Å²) in [5, 5.41) is 13.0. The number of benzene rings is 11. The highest BCUT2D eigenvalue weighted by Gasteiger charge is 2.26. The molecule has 62 heavy (non-hydrogen) atoms. The zero-order valence-electron chi connectivity index (χ0n) is 33.4. The maximum atomic E-state index is 2.53. The number of rotatable bonds is 2. The average Bonchev–Trinajstić information content (AvgIpc) is 3.91. The van der Waals surface area contributed by atoms with Crippen LogP contribution in [0.2, 0.25) is 0 Å². The minimum Gasteiger partial charge on any atom is -0.135 e. The summed E-state index contributed by atoms with van der Waals surface area (Å²) < 4.78 is 5.30. The van der Waals surface area contributed by atoms with Crippen LogP contribution in [0.25, 0.3) is 139 Å². The maximum Gasteiger partial charge on any atom is 0.0355 e. The van der Waals surface area contributed by atoms with Crippen molar-refractivity contribution in [3.63, 3.8) is 0 Å². The standard InChI is InChI=1S/C60H34S2/c1-4-15-42-39(12-1)40-13-2-5-16-43(40)51-34-55-52(33-50(42)51)45-27-24-35(36-25-28-58-53(31-36)46-18-7-9-22-56(46)61-58)30-49(45)44-17-6-3-14-41(44)48-21-11-20-38(60(48)55)37-26-29-59-54(32-37)47-19-8-10-23-57(47)62-59/h1-34H. The molecule has 0 atom stereocenters. The van der Waals surface area contributed by atoms with Gasteiger partial charge in [-0.3, -0.25) is 0 Å². The van der Waals surface area contributed by atoms with E-state index in [1.54, 1.807) is 0 Å². The summed E-state index contributed by atoms with van der Waals surface area (Å²) in [6.45, 7) is 0. The minimum absolute atomic E-state index is 1.22. The van der Waals surface area contributed by atoms with Crippen LogP contribution in [-0.4, -0.2) is 0 Å². The van der Waals surface area contributed by atoms with Gasteiger partial charge in [-0.05, 0) is 154 Å². The van der Waals surface area contributed by atoms with Gasteiger partial charge in [0, 0.05) is 40.3 Å². The third kappa shape index (κ3) is 4.94. The van der Waals surface area contributed by atoms with Gasteiger partial charge in [-0.15, -0.1) is 22.7 Å². The van der Waals surface area contributed by atoms with Gasteiger partial charge in [0.05, 0.1) is 0 Å². The lowest BCUT2D eigenvalue weighted by Crippen LogP contribution is -2.00. The Hall–Kier alpha value is -7.36.